The van der Waals surface area contributed by atoms with Crippen molar-refractivity contribution >= 4 is 34.2 Å². The highest BCUT2D eigenvalue weighted by molar-refractivity contribution is 6.07. The Morgan fingerprint density at radius 2 is 1.72 bits per heavy atom. The molecule has 2 N–H and O–H groups in total. The van der Waals surface area contributed by atoms with E-state index < -0.39 is 0 Å². The summed E-state index contributed by atoms with van der Waals surface area (Å²) in [6.45, 7) is 2.96. The maximum atomic E-state index is 13.2. The van der Waals surface area contributed by atoms with Gasteiger partial charge < -0.3 is 15.5 Å². The molecule has 6 nitrogen and oxygen atoms in total. The van der Waals surface area contributed by atoms with Gasteiger partial charge in [-0.15, -0.1) is 0 Å². The monoisotopic (exact) mass is 429 g/mol. The van der Waals surface area contributed by atoms with Crippen molar-refractivity contribution in [1.82, 2.24) is 10.2 Å². The third-order valence-electron chi connectivity index (χ3n) is 5.84. The number of fused-ring (bicyclic) bond motifs is 1. The van der Waals surface area contributed by atoms with E-state index in [0.29, 0.717) is 25.2 Å². The number of carbonyl (C=O) groups excluding carboxylic acids is 3. The molecule has 1 atom stereocenters. The number of rotatable bonds is 5. The van der Waals surface area contributed by atoms with Crippen LogP contribution < -0.4 is 10.6 Å². The molecule has 1 aliphatic heterocycles. The van der Waals surface area contributed by atoms with Crippen LogP contribution in [0.4, 0.5) is 5.69 Å². The van der Waals surface area contributed by atoms with Crippen LogP contribution in [0.3, 0.4) is 0 Å². The highest BCUT2D eigenvalue weighted by atomic mass is 16.2. The molecular weight excluding hydrogens is 402 g/mol. The number of amides is 3. The fourth-order valence-corrected chi connectivity index (χ4v) is 4.20. The molecular formula is C26H27N3O3. The fraction of sp³-hybridized carbons (Fsp3) is 0.269. The van der Waals surface area contributed by atoms with Crippen LogP contribution in [0.2, 0.25) is 0 Å². The molecule has 3 aromatic rings. The van der Waals surface area contributed by atoms with Crippen molar-refractivity contribution in [3.8, 4) is 0 Å². The van der Waals surface area contributed by atoms with Crippen molar-refractivity contribution in [3.05, 3.63) is 77.9 Å². The number of nitrogens with zero attached hydrogens (tertiary/aromatic N) is 1. The number of nitrogens with one attached hydrogen (secondary N) is 2. The quantitative estimate of drug-likeness (QED) is 0.644. The standard InChI is InChI=1S/C26H27N3O3/c1-18(30)28-22-13-11-19(12-14-22)16-27-25(31)21-8-5-15-29(17-21)26(32)24-10-4-7-20-6-2-3-9-23(20)24/h2-4,6-7,9-14,21H,5,8,15-17H2,1H3,(H,27,31)(H,28,30). The lowest BCUT2D eigenvalue weighted by Crippen LogP contribution is -2.45. The molecule has 0 aromatic heterocycles. The van der Waals surface area contributed by atoms with Crippen LogP contribution in [0.5, 0.6) is 0 Å². The van der Waals surface area contributed by atoms with E-state index in [-0.39, 0.29) is 23.6 Å². The average Bonchev–Trinajstić information content (AvgIpc) is 2.82. The molecule has 0 aliphatic carbocycles. The third kappa shape index (κ3) is 4.97. The summed E-state index contributed by atoms with van der Waals surface area (Å²) in [5.41, 5.74) is 2.36. The van der Waals surface area contributed by atoms with Gasteiger partial charge in [-0.3, -0.25) is 14.4 Å². The van der Waals surface area contributed by atoms with Gasteiger partial charge in [0.25, 0.3) is 5.91 Å². The maximum absolute atomic E-state index is 13.2. The lowest BCUT2D eigenvalue weighted by Gasteiger charge is -2.32. The zero-order valence-electron chi connectivity index (χ0n) is 18.1. The molecule has 1 aliphatic rings. The van der Waals surface area contributed by atoms with Gasteiger partial charge in [-0.2, -0.15) is 0 Å². The molecule has 4 rings (SSSR count). The number of likely N-dealkylation sites (tertiary alicyclic amines) is 1. The molecule has 1 heterocycles. The SMILES string of the molecule is CC(=O)Nc1ccc(CNC(=O)C2CCCN(C(=O)c3cccc4ccccc34)C2)cc1. The molecule has 3 aromatic carbocycles. The minimum atomic E-state index is -0.221. The van der Waals surface area contributed by atoms with E-state index in [1.807, 2.05) is 66.7 Å². The minimum Gasteiger partial charge on any atom is -0.352 e. The molecule has 164 valence electrons. The van der Waals surface area contributed by atoms with Crippen molar-refractivity contribution in [2.75, 3.05) is 18.4 Å². The van der Waals surface area contributed by atoms with E-state index in [0.717, 1.165) is 34.9 Å². The Balaban J connectivity index is 1.37. The Hall–Kier alpha value is -3.67. The summed E-state index contributed by atoms with van der Waals surface area (Å²) in [7, 11) is 0. The summed E-state index contributed by atoms with van der Waals surface area (Å²) in [6, 6.07) is 21.0. The number of carbonyl (C=O) groups is 3. The van der Waals surface area contributed by atoms with Gasteiger partial charge in [0.1, 0.15) is 0 Å². The highest BCUT2D eigenvalue weighted by Gasteiger charge is 2.29. The second-order valence-electron chi connectivity index (χ2n) is 8.21. The predicted octanol–water partition coefficient (Wildman–Crippen LogP) is 3.97. The smallest absolute Gasteiger partial charge is 0.254 e. The van der Waals surface area contributed by atoms with Crippen molar-refractivity contribution in [2.24, 2.45) is 5.92 Å². The van der Waals surface area contributed by atoms with Gasteiger partial charge in [0.2, 0.25) is 11.8 Å². The minimum absolute atomic E-state index is 0.0205. The molecule has 0 saturated carbocycles. The van der Waals surface area contributed by atoms with Gasteiger partial charge >= 0.3 is 0 Å². The molecule has 0 radical (unpaired) electrons. The summed E-state index contributed by atoms with van der Waals surface area (Å²) in [5, 5.41) is 7.69. The summed E-state index contributed by atoms with van der Waals surface area (Å²) in [5.74, 6) is -0.397. The summed E-state index contributed by atoms with van der Waals surface area (Å²) in [6.07, 6.45) is 1.58. The van der Waals surface area contributed by atoms with E-state index in [9.17, 15) is 14.4 Å². The fourth-order valence-electron chi connectivity index (χ4n) is 4.20. The van der Waals surface area contributed by atoms with Crippen LogP contribution >= 0.6 is 0 Å². The van der Waals surface area contributed by atoms with Crippen molar-refractivity contribution in [1.29, 1.82) is 0 Å². The van der Waals surface area contributed by atoms with Gasteiger partial charge in [0, 0.05) is 37.8 Å². The number of hydrogen-bond acceptors (Lipinski definition) is 3. The van der Waals surface area contributed by atoms with Crippen LogP contribution in [0, 0.1) is 5.92 Å². The van der Waals surface area contributed by atoms with E-state index in [1.54, 1.807) is 4.90 Å². The zero-order valence-corrected chi connectivity index (χ0v) is 18.1. The highest BCUT2D eigenvalue weighted by Crippen LogP contribution is 2.24. The first-order valence-corrected chi connectivity index (χ1v) is 10.9. The van der Waals surface area contributed by atoms with Crippen LogP contribution in [-0.4, -0.2) is 35.7 Å². The van der Waals surface area contributed by atoms with E-state index in [2.05, 4.69) is 10.6 Å². The van der Waals surface area contributed by atoms with Crippen molar-refractivity contribution in [2.45, 2.75) is 26.3 Å². The molecule has 6 heteroatoms. The molecule has 0 spiro atoms. The second kappa shape index (κ2) is 9.64. The molecule has 1 unspecified atom stereocenters. The van der Waals surface area contributed by atoms with Gasteiger partial charge in [-0.05, 0) is 47.4 Å². The van der Waals surface area contributed by atoms with E-state index in [1.165, 1.54) is 6.92 Å². The number of anilines is 1. The lowest BCUT2D eigenvalue weighted by atomic mass is 9.95. The summed E-state index contributed by atoms with van der Waals surface area (Å²) in [4.78, 5) is 39.0. The Labute approximate surface area is 187 Å². The number of piperidine rings is 1. The Morgan fingerprint density at radius 1 is 0.969 bits per heavy atom. The maximum Gasteiger partial charge on any atom is 0.254 e. The first kappa shape index (κ1) is 21.6. The first-order valence-electron chi connectivity index (χ1n) is 10.9. The zero-order chi connectivity index (χ0) is 22.5. The largest absolute Gasteiger partial charge is 0.352 e. The molecule has 1 fully saturated rings. The summed E-state index contributed by atoms with van der Waals surface area (Å²) >= 11 is 0. The molecule has 3 amide bonds. The topological polar surface area (TPSA) is 78.5 Å². The average molecular weight is 430 g/mol. The van der Waals surface area contributed by atoms with Crippen LogP contribution in [0.1, 0.15) is 35.7 Å². The van der Waals surface area contributed by atoms with Crippen LogP contribution in [-0.2, 0) is 16.1 Å². The molecule has 32 heavy (non-hydrogen) atoms. The third-order valence-corrected chi connectivity index (χ3v) is 5.84. The first-order chi connectivity index (χ1) is 15.5. The van der Waals surface area contributed by atoms with Crippen LogP contribution in [0.25, 0.3) is 10.8 Å². The normalized spacial score (nSPS) is 15.9. The van der Waals surface area contributed by atoms with Crippen molar-refractivity contribution in [3.63, 3.8) is 0 Å². The van der Waals surface area contributed by atoms with Gasteiger partial charge in [0.05, 0.1) is 5.92 Å². The second-order valence-corrected chi connectivity index (χ2v) is 8.21. The summed E-state index contributed by atoms with van der Waals surface area (Å²) < 4.78 is 0. The van der Waals surface area contributed by atoms with Crippen molar-refractivity contribution < 1.29 is 14.4 Å². The van der Waals surface area contributed by atoms with Gasteiger partial charge in [-0.25, -0.2) is 0 Å². The lowest BCUT2D eigenvalue weighted by molar-refractivity contribution is -0.126. The van der Waals surface area contributed by atoms with Gasteiger partial charge in [-0.1, -0.05) is 48.5 Å². The number of hydrogen-bond donors (Lipinski definition) is 2. The van der Waals surface area contributed by atoms with Gasteiger partial charge in [0.15, 0.2) is 0 Å². The predicted molar refractivity (Wildman–Crippen MR) is 125 cm³/mol. The van der Waals surface area contributed by atoms with E-state index in [4.69, 9.17) is 0 Å². The Bertz CT molecular complexity index is 1140. The Kier molecular flexibility index (Phi) is 6.50. The number of benzene rings is 3. The van der Waals surface area contributed by atoms with E-state index >= 15 is 0 Å². The molecule has 1 saturated heterocycles. The molecule has 0 bridgehead atoms. The van der Waals surface area contributed by atoms with Crippen LogP contribution in [0.15, 0.2) is 66.7 Å². The Morgan fingerprint density at radius 3 is 2.50 bits per heavy atom.